The van der Waals surface area contributed by atoms with Crippen molar-refractivity contribution in [2.45, 2.75) is 32.7 Å². The van der Waals surface area contributed by atoms with Crippen molar-refractivity contribution in [3.05, 3.63) is 23.2 Å². The van der Waals surface area contributed by atoms with Crippen LogP contribution in [0.25, 0.3) is 0 Å². The zero-order valence-electron chi connectivity index (χ0n) is 14.6. The number of nitrogens with zero attached hydrogens (tertiary/aromatic N) is 2. The third-order valence-electron chi connectivity index (χ3n) is 4.39. The average molecular weight is 467 g/mol. The maximum atomic E-state index is 6.10. The quantitative estimate of drug-likeness (QED) is 0.393. The summed E-state index contributed by atoms with van der Waals surface area (Å²) in [5, 5.41) is 3.61. The average Bonchev–Trinajstić information content (AvgIpc) is 2.53. The highest BCUT2D eigenvalue weighted by Crippen LogP contribution is 2.27. The standard InChI is InChI=1S/C17H27ClN4O.HI/c1-12-6-8-22(9-7-12)13(2)11-20-17(19)21-14-4-5-16(23-3)15(18)10-14;/h4-5,10,12-13H,6-9,11H2,1-3H3,(H3,19,20,21);1H. The van der Waals surface area contributed by atoms with Crippen LogP contribution in [0.4, 0.5) is 5.69 Å². The van der Waals surface area contributed by atoms with Crippen LogP contribution in [-0.2, 0) is 0 Å². The number of hydrogen-bond donors (Lipinski definition) is 2. The highest BCUT2D eigenvalue weighted by molar-refractivity contribution is 14.0. The molecule has 7 heteroatoms. The third-order valence-corrected chi connectivity index (χ3v) is 4.69. The van der Waals surface area contributed by atoms with Gasteiger partial charge in [-0.1, -0.05) is 18.5 Å². The molecule has 0 radical (unpaired) electrons. The van der Waals surface area contributed by atoms with Crippen molar-refractivity contribution in [2.75, 3.05) is 32.1 Å². The summed E-state index contributed by atoms with van der Waals surface area (Å²) < 4.78 is 5.13. The number of anilines is 1. The van der Waals surface area contributed by atoms with Crippen molar-refractivity contribution in [3.63, 3.8) is 0 Å². The second kappa shape index (κ2) is 10.3. The first-order valence-electron chi connectivity index (χ1n) is 8.14. The number of methoxy groups -OCH3 is 1. The zero-order chi connectivity index (χ0) is 16.8. The van der Waals surface area contributed by atoms with Crippen molar-refractivity contribution in [1.29, 1.82) is 0 Å². The van der Waals surface area contributed by atoms with Gasteiger partial charge in [0.2, 0.25) is 0 Å². The molecule has 1 fully saturated rings. The molecule has 136 valence electrons. The van der Waals surface area contributed by atoms with Crippen LogP contribution < -0.4 is 15.8 Å². The Morgan fingerprint density at radius 1 is 1.46 bits per heavy atom. The van der Waals surface area contributed by atoms with E-state index in [9.17, 15) is 0 Å². The Kier molecular flexibility index (Phi) is 9.15. The van der Waals surface area contributed by atoms with Crippen molar-refractivity contribution in [2.24, 2.45) is 16.6 Å². The maximum absolute atomic E-state index is 6.10. The lowest BCUT2D eigenvalue weighted by Crippen LogP contribution is -2.41. The molecular weight excluding hydrogens is 439 g/mol. The number of aliphatic imine (C=N–C) groups is 1. The van der Waals surface area contributed by atoms with Crippen molar-refractivity contribution >= 4 is 47.2 Å². The fourth-order valence-electron chi connectivity index (χ4n) is 2.75. The number of piperidine rings is 1. The Morgan fingerprint density at radius 3 is 2.71 bits per heavy atom. The van der Waals surface area contributed by atoms with E-state index in [1.807, 2.05) is 6.07 Å². The fraction of sp³-hybridized carbons (Fsp3) is 0.588. The van der Waals surface area contributed by atoms with E-state index in [2.05, 4.69) is 29.1 Å². The largest absolute Gasteiger partial charge is 0.495 e. The lowest BCUT2D eigenvalue weighted by Gasteiger charge is -2.34. The molecule has 5 nitrogen and oxygen atoms in total. The van der Waals surface area contributed by atoms with Gasteiger partial charge in [-0.3, -0.25) is 9.89 Å². The molecule has 1 aliphatic rings. The normalized spacial score (nSPS) is 17.9. The van der Waals surface area contributed by atoms with Crippen molar-refractivity contribution < 1.29 is 4.74 Å². The number of ether oxygens (including phenoxy) is 1. The van der Waals surface area contributed by atoms with Crippen LogP contribution in [-0.4, -0.2) is 43.6 Å². The summed E-state index contributed by atoms with van der Waals surface area (Å²) in [6, 6.07) is 5.85. The van der Waals surface area contributed by atoms with Crippen LogP contribution in [0.3, 0.4) is 0 Å². The van der Waals surface area contributed by atoms with Gasteiger partial charge in [-0.05, 0) is 57.0 Å². The number of halogens is 2. The second-order valence-corrected chi connectivity index (χ2v) is 6.67. The highest BCUT2D eigenvalue weighted by atomic mass is 127. The molecule has 0 spiro atoms. The lowest BCUT2D eigenvalue weighted by molar-refractivity contribution is 0.150. The zero-order valence-corrected chi connectivity index (χ0v) is 17.7. The van der Waals surface area contributed by atoms with Crippen molar-refractivity contribution in [3.8, 4) is 5.75 Å². The second-order valence-electron chi connectivity index (χ2n) is 6.27. The molecule has 1 aliphatic heterocycles. The predicted molar refractivity (Wildman–Crippen MR) is 113 cm³/mol. The minimum absolute atomic E-state index is 0. The molecule has 0 bridgehead atoms. The lowest BCUT2D eigenvalue weighted by atomic mass is 9.98. The Labute approximate surface area is 167 Å². The molecule has 0 aromatic heterocycles. The van der Waals surface area contributed by atoms with Gasteiger partial charge in [-0.15, -0.1) is 24.0 Å². The minimum atomic E-state index is 0. The smallest absolute Gasteiger partial charge is 0.193 e. The minimum Gasteiger partial charge on any atom is -0.495 e. The number of rotatable bonds is 5. The van der Waals surface area contributed by atoms with Crippen molar-refractivity contribution in [1.82, 2.24) is 4.90 Å². The van der Waals surface area contributed by atoms with Gasteiger partial charge >= 0.3 is 0 Å². The summed E-state index contributed by atoms with van der Waals surface area (Å²) in [6.45, 7) is 7.52. The molecular formula is C17H28ClIN4O. The Morgan fingerprint density at radius 2 is 2.12 bits per heavy atom. The van der Waals surface area contributed by atoms with E-state index < -0.39 is 0 Å². The molecule has 1 saturated heterocycles. The molecule has 1 atom stereocenters. The van der Waals surface area contributed by atoms with Gasteiger partial charge in [0.15, 0.2) is 5.96 Å². The molecule has 2 rings (SSSR count). The topological polar surface area (TPSA) is 62.9 Å². The SMILES string of the molecule is COc1ccc(NC(N)=NCC(C)N2CCC(C)CC2)cc1Cl.I. The van der Waals surface area contributed by atoms with Crippen LogP contribution in [0, 0.1) is 5.92 Å². The summed E-state index contributed by atoms with van der Waals surface area (Å²) in [5.41, 5.74) is 6.77. The molecule has 1 aromatic rings. The van der Waals surface area contributed by atoms with Crippen LogP contribution in [0.2, 0.25) is 5.02 Å². The Balaban J connectivity index is 0.00000288. The monoisotopic (exact) mass is 466 g/mol. The van der Waals surface area contributed by atoms with E-state index in [0.717, 1.165) is 24.7 Å². The molecule has 1 heterocycles. The van der Waals surface area contributed by atoms with E-state index >= 15 is 0 Å². The number of guanidine groups is 1. The van der Waals surface area contributed by atoms with Gasteiger partial charge in [0.25, 0.3) is 0 Å². The summed E-state index contributed by atoms with van der Waals surface area (Å²) >= 11 is 6.10. The highest BCUT2D eigenvalue weighted by Gasteiger charge is 2.19. The van der Waals surface area contributed by atoms with Gasteiger partial charge in [-0.25, -0.2) is 0 Å². The summed E-state index contributed by atoms with van der Waals surface area (Å²) in [7, 11) is 1.59. The molecule has 0 amide bonds. The van der Waals surface area contributed by atoms with Gasteiger partial charge in [0.1, 0.15) is 5.75 Å². The van der Waals surface area contributed by atoms with Gasteiger partial charge in [-0.2, -0.15) is 0 Å². The summed E-state index contributed by atoms with van der Waals surface area (Å²) in [5.74, 6) is 1.89. The number of likely N-dealkylation sites (tertiary alicyclic amines) is 1. The van der Waals surface area contributed by atoms with E-state index in [-0.39, 0.29) is 24.0 Å². The number of nitrogens with one attached hydrogen (secondary N) is 1. The van der Waals surface area contributed by atoms with Gasteiger partial charge in [0, 0.05) is 11.7 Å². The van der Waals surface area contributed by atoms with E-state index in [4.69, 9.17) is 22.1 Å². The summed E-state index contributed by atoms with van der Waals surface area (Å²) in [4.78, 5) is 6.94. The van der Waals surface area contributed by atoms with Gasteiger partial charge < -0.3 is 15.8 Å². The van der Waals surface area contributed by atoms with E-state index in [0.29, 0.717) is 29.3 Å². The number of benzene rings is 1. The first-order valence-corrected chi connectivity index (χ1v) is 8.52. The number of hydrogen-bond acceptors (Lipinski definition) is 3. The Bertz CT molecular complexity index is 547. The van der Waals surface area contributed by atoms with Crippen LogP contribution in [0.15, 0.2) is 23.2 Å². The first kappa shape index (κ1) is 21.3. The van der Waals surface area contributed by atoms with Crippen LogP contribution in [0.1, 0.15) is 26.7 Å². The molecule has 1 unspecified atom stereocenters. The van der Waals surface area contributed by atoms with Crippen LogP contribution >= 0.6 is 35.6 Å². The predicted octanol–water partition coefficient (Wildman–Crippen LogP) is 3.81. The maximum Gasteiger partial charge on any atom is 0.193 e. The number of nitrogens with two attached hydrogens (primary N) is 1. The molecule has 0 aliphatic carbocycles. The molecule has 0 saturated carbocycles. The van der Waals surface area contributed by atoms with Crippen LogP contribution in [0.5, 0.6) is 5.75 Å². The third kappa shape index (κ3) is 6.29. The molecule has 24 heavy (non-hydrogen) atoms. The molecule has 1 aromatic carbocycles. The Hall–Kier alpha value is -0.730. The summed E-state index contributed by atoms with van der Waals surface area (Å²) in [6.07, 6.45) is 2.54. The molecule has 3 N–H and O–H groups in total. The van der Waals surface area contributed by atoms with E-state index in [1.54, 1.807) is 19.2 Å². The fourth-order valence-corrected chi connectivity index (χ4v) is 3.00. The first-order chi connectivity index (χ1) is 11.0. The van der Waals surface area contributed by atoms with Gasteiger partial charge in [0.05, 0.1) is 18.7 Å². The van der Waals surface area contributed by atoms with E-state index in [1.165, 1.54) is 12.8 Å².